The van der Waals surface area contributed by atoms with Crippen LogP contribution in [0, 0.1) is 0 Å². The number of rotatable bonds is 4. The van der Waals surface area contributed by atoms with Gasteiger partial charge in [-0.3, -0.25) is 0 Å². The van der Waals surface area contributed by atoms with Gasteiger partial charge in [-0.2, -0.15) is 5.10 Å². The minimum atomic E-state index is -0.0312. The van der Waals surface area contributed by atoms with Crippen molar-refractivity contribution in [3.63, 3.8) is 0 Å². The molecule has 12 heavy (non-hydrogen) atoms. The minimum absolute atomic E-state index is 0.0312. The second-order valence-corrected chi connectivity index (χ2v) is 2.75. The zero-order valence-corrected chi connectivity index (χ0v) is 7.56. The molecule has 0 aliphatic carbocycles. The highest BCUT2D eigenvalue weighted by molar-refractivity contribution is 4.84. The summed E-state index contributed by atoms with van der Waals surface area (Å²) in [6, 6.07) is 0.370. The van der Waals surface area contributed by atoms with Crippen molar-refractivity contribution in [3.8, 4) is 0 Å². The maximum absolute atomic E-state index is 8.92. The lowest BCUT2D eigenvalue weighted by Crippen LogP contribution is -2.12. The minimum Gasteiger partial charge on any atom is -0.388 e. The van der Waals surface area contributed by atoms with Crippen molar-refractivity contribution in [1.29, 1.82) is 0 Å². The number of nitrogens with zero attached hydrogens (tertiary/aromatic N) is 3. The van der Waals surface area contributed by atoms with Gasteiger partial charge >= 0.3 is 0 Å². The average Bonchev–Trinajstić information content (AvgIpc) is 2.55. The van der Waals surface area contributed by atoms with Gasteiger partial charge in [0.05, 0.1) is 6.04 Å². The number of aliphatic hydroxyl groups is 1. The molecule has 1 aromatic heterocycles. The van der Waals surface area contributed by atoms with E-state index >= 15 is 0 Å². The molecule has 0 saturated carbocycles. The smallest absolute Gasteiger partial charge is 0.152 e. The molecule has 4 heteroatoms. The van der Waals surface area contributed by atoms with Crippen molar-refractivity contribution >= 4 is 0 Å². The lowest BCUT2D eigenvalue weighted by atomic mass is 10.2. The van der Waals surface area contributed by atoms with Crippen molar-refractivity contribution in [2.45, 2.75) is 39.3 Å². The molecule has 0 atom stereocenters. The Hall–Kier alpha value is -0.900. The number of aromatic nitrogens is 3. The Morgan fingerprint density at radius 3 is 2.67 bits per heavy atom. The van der Waals surface area contributed by atoms with Crippen LogP contribution < -0.4 is 0 Å². The highest BCUT2D eigenvalue weighted by Gasteiger charge is 2.10. The van der Waals surface area contributed by atoms with Gasteiger partial charge in [-0.1, -0.05) is 13.8 Å². The zero-order chi connectivity index (χ0) is 8.97. The Morgan fingerprint density at radius 1 is 1.50 bits per heavy atom. The van der Waals surface area contributed by atoms with Crippen LogP contribution >= 0.6 is 0 Å². The molecule has 0 amide bonds. The van der Waals surface area contributed by atoms with Gasteiger partial charge in [0, 0.05) is 0 Å². The number of hydrogen-bond acceptors (Lipinski definition) is 3. The third kappa shape index (κ3) is 1.64. The molecule has 0 aromatic carbocycles. The first-order chi connectivity index (χ1) is 5.83. The van der Waals surface area contributed by atoms with Crippen LogP contribution in [0.25, 0.3) is 0 Å². The predicted octanol–water partition coefficient (Wildman–Crippen LogP) is 1.13. The highest BCUT2D eigenvalue weighted by Crippen LogP contribution is 2.15. The SMILES string of the molecule is CCC(CC)n1ncnc1CO. The molecular formula is C8H15N3O. The van der Waals surface area contributed by atoms with Crippen LogP contribution in [0.4, 0.5) is 0 Å². The van der Waals surface area contributed by atoms with Gasteiger partial charge in [0.15, 0.2) is 5.82 Å². The molecule has 4 nitrogen and oxygen atoms in total. The maximum Gasteiger partial charge on any atom is 0.152 e. The van der Waals surface area contributed by atoms with Crippen LogP contribution in [-0.2, 0) is 6.61 Å². The van der Waals surface area contributed by atoms with Gasteiger partial charge in [-0.15, -0.1) is 0 Å². The van der Waals surface area contributed by atoms with Gasteiger partial charge in [0.2, 0.25) is 0 Å². The van der Waals surface area contributed by atoms with Gasteiger partial charge in [0.1, 0.15) is 12.9 Å². The topological polar surface area (TPSA) is 50.9 Å². The molecule has 1 heterocycles. The molecule has 1 rings (SSSR count). The molecule has 0 spiro atoms. The molecule has 0 saturated heterocycles. The Labute approximate surface area is 72.2 Å². The van der Waals surface area contributed by atoms with Crippen LogP contribution in [0.2, 0.25) is 0 Å². The van der Waals surface area contributed by atoms with Crippen LogP contribution in [-0.4, -0.2) is 19.9 Å². The van der Waals surface area contributed by atoms with Crippen molar-refractivity contribution in [2.75, 3.05) is 0 Å². The van der Waals surface area contributed by atoms with Crippen molar-refractivity contribution in [3.05, 3.63) is 12.2 Å². The molecular weight excluding hydrogens is 154 g/mol. The third-order valence-electron chi connectivity index (χ3n) is 2.08. The first-order valence-corrected chi connectivity index (χ1v) is 4.32. The summed E-state index contributed by atoms with van der Waals surface area (Å²) in [4.78, 5) is 3.95. The Balaban J connectivity index is 2.83. The van der Waals surface area contributed by atoms with Crippen LogP contribution in [0.1, 0.15) is 38.6 Å². The summed E-state index contributed by atoms with van der Waals surface area (Å²) < 4.78 is 1.81. The van der Waals surface area contributed by atoms with E-state index in [2.05, 4.69) is 23.9 Å². The van der Waals surface area contributed by atoms with E-state index in [1.807, 2.05) is 0 Å². The summed E-state index contributed by atoms with van der Waals surface area (Å²) in [6.45, 7) is 4.19. The molecule has 1 aromatic rings. The van der Waals surface area contributed by atoms with Crippen molar-refractivity contribution in [2.24, 2.45) is 0 Å². The molecule has 68 valence electrons. The standard InChI is InChI=1S/C8H15N3O/c1-3-7(4-2)11-8(5-12)9-6-10-11/h6-7,12H,3-5H2,1-2H3. The van der Waals surface area contributed by atoms with E-state index in [0.717, 1.165) is 12.8 Å². The molecule has 0 aliphatic heterocycles. The first-order valence-electron chi connectivity index (χ1n) is 4.32. The molecule has 0 unspecified atom stereocenters. The summed E-state index contributed by atoms with van der Waals surface area (Å²) >= 11 is 0. The fourth-order valence-electron chi connectivity index (χ4n) is 1.33. The summed E-state index contributed by atoms with van der Waals surface area (Å²) in [7, 11) is 0. The van der Waals surface area contributed by atoms with E-state index in [4.69, 9.17) is 5.11 Å². The number of hydrogen-bond donors (Lipinski definition) is 1. The van der Waals surface area contributed by atoms with Crippen LogP contribution in [0.3, 0.4) is 0 Å². The van der Waals surface area contributed by atoms with Gasteiger partial charge in [-0.05, 0) is 12.8 Å². The third-order valence-corrected chi connectivity index (χ3v) is 2.08. The summed E-state index contributed by atoms with van der Waals surface area (Å²) in [5.74, 6) is 0.656. The summed E-state index contributed by atoms with van der Waals surface area (Å²) in [5.41, 5.74) is 0. The van der Waals surface area contributed by atoms with Crippen LogP contribution in [0.5, 0.6) is 0 Å². The van der Waals surface area contributed by atoms with E-state index in [-0.39, 0.29) is 6.61 Å². The summed E-state index contributed by atoms with van der Waals surface area (Å²) in [6.07, 6.45) is 3.53. The van der Waals surface area contributed by atoms with E-state index in [1.165, 1.54) is 6.33 Å². The number of aliphatic hydroxyl groups excluding tert-OH is 1. The van der Waals surface area contributed by atoms with Crippen LogP contribution in [0.15, 0.2) is 6.33 Å². The predicted molar refractivity (Wildman–Crippen MR) is 45.6 cm³/mol. The lowest BCUT2D eigenvalue weighted by molar-refractivity contribution is 0.253. The van der Waals surface area contributed by atoms with Gasteiger partial charge < -0.3 is 5.11 Å². The van der Waals surface area contributed by atoms with Crippen molar-refractivity contribution < 1.29 is 5.11 Å². The Morgan fingerprint density at radius 2 is 2.17 bits per heavy atom. The average molecular weight is 169 g/mol. The largest absolute Gasteiger partial charge is 0.388 e. The molecule has 0 radical (unpaired) electrons. The maximum atomic E-state index is 8.92. The lowest BCUT2D eigenvalue weighted by Gasteiger charge is -2.14. The molecule has 1 N–H and O–H groups in total. The molecule has 0 aliphatic rings. The summed E-state index contributed by atoms with van der Waals surface area (Å²) in [5, 5.41) is 13.0. The van der Waals surface area contributed by atoms with E-state index in [1.54, 1.807) is 4.68 Å². The van der Waals surface area contributed by atoms with Gasteiger partial charge in [0.25, 0.3) is 0 Å². The van der Waals surface area contributed by atoms with E-state index in [0.29, 0.717) is 11.9 Å². The van der Waals surface area contributed by atoms with E-state index in [9.17, 15) is 0 Å². The fourth-order valence-corrected chi connectivity index (χ4v) is 1.33. The highest BCUT2D eigenvalue weighted by atomic mass is 16.3. The normalized spacial score (nSPS) is 11.0. The van der Waals surface area contributed by atoms with Gasteiger partial charge in [-0.25, -0.2) is 9.67 Å². The second kappa shape index (κ2) is 4.21. The zero-order valence-electron chi connectivity index (χ0n) is 7.56. The molecule has 0 fully saturated rings. The van der Waals surface area contributed by atoms with Crippen molar-refractivity contribution in [1.82, 2.24) is 14.8 Å². The Bertz CT molecular complexity index is 230. The fraction of sp³-hybridized carbons (Fsp3) is 0.750. The molecule has 0 bridgehead atoms. The monoisotopic (exact) mass is 169 g/mol. The quantitative estimate of drug-likeness (QED) is 0.735. The second-order valence-electron chi connectivity index (χ2n) is 2.75. The first kappa shape index (κ1) is 9.19. The van der Waals surface area contributed by atoms with E-state index < -0.39 is 0 Å². The Kier molecular flexibility index (Phi) is 3.22.